The summed E-state index contributed by atoms with van der Waals surface area (Å²) >= 11 is 0. The van der Waals surface area contributed by atoms with Gasteiger partial charge in [-0.15, -0.1) is 0 Å². The Bertz CT molecular complexity index is 1380. The number of hydrogen-bond acceptors (Lipinski definition) is 4. The lowest BCUT2D eigenvalue weighted by Gasteiger charge is -2.20. The Labute approximate surface area is 203 Å². The van der Waals surface area contributed by atoms with Gasteiger partial charge in [0.15, 0.2) is 5.75 Å². The summed E-state index contributed by atoms with van der Waals surface area (Å²) in [6.07, 6.45) is 0.106. The van der Waals surface area contributed by atoms with Gasteiger partial charge in [0.1, 0.15) is 17.6 Å². The van der Waals surface area contributed by atoms with Crippen LogP contribution in [0.4, 0.5) is 10.1 Å². The smallest absolute Gasteiger partial charge is 0.243 e. The lowest BCUT2D eigenvalue weighted by atomic mass is 10.1. The van der Waals surface area contributed by atoms with Crippen LogP contribution in [0.3, 0.4) is 0 Å². The molecule has 35 heavy (non-hydrogen) atoms. The molecule has 4 aromatic carbocycles. The van der Waals surface area contributed by atoms with Crippen molar-refractivity contribution in [3.05, 3.63) is 121 Å². The van der Waals surface area contributed by atoms with Crippen LogP contribution in [-0.2, 0) is 21.2 Å². The van der Waals surface area contributed by atoms with E-state index < -0.39 is 27.8 Å². The van der Waals surface area contributed by atoms with Gasteiger partial charge < -0.3 is 10.1 Å². The van der Waals surface area contributed by atoms with E-state index in [4.69, 9.17) is 4.74 Å². The summed E-state index contributed by atoms with van der Waals surface area (Å²) in [5.41, 5.74) is 1.16. The van der Waals surface area contributed by atoms with Crippen LogP contribution >= 0.6 is 0 Å². The number of amides is 1. The lowest BCUT2D eigenvalue weighted by molar-refractivity contribution is -0.117. The third-order valence-corrected chi connectivity index (χ3v) is 6.62. The summed E-state index contributed by atoms with van der Waals surface area (Å²) < 4.78 is 47.6. The molecule has 1 amide bonds. The standard InChI is InChI=1S/C27H23FN2O4S/c28-21-15-17-23(18-16-21)35(32,33)30-25(19-20-9-3-1-4-10-20)27(31)29-24-13-7-8-14-26(24)34-22-11-5-2-6-12-22/h1-18,25,30H,19H2,(H,29,31)/t25-/m0/s1. The molecule has 0 unspecified atom stereocenters. The Morgan fingerprint density at radius 1 is 0.800 bits per heavy atom. The number of rotatable bonds is 9. The number of carbonyl (C=O) groups is 1. The molecule has 0 aliphatic carbocycles. The van der Waals surface area contributed by atoms with E-state index >= 15 is 0 Å². The normalized spacial score (nSPS) is 12.0. The minimum atomic E-state index is -4.10. The molecule has 1 atom stereocenters. The highest BCUT2D eigenvalue weighted by molar-refractivity contribution is 7.89. The van der Waals surface area contributed by atoms with E-state index in [2.05, 4.69) is 10.0 Å². The summed E-state index contributed by atoms with van der Waals surface area (Å²) in [5, 5.41) is 2.78. The first-order chi connectivity index (χ1) is 16.9. The average Bonchev–Trinajstić information content (AvgIpc) is 2.86. The fourth-order valence-corrected chi connectivity index (χ4v) is 4.60. The van der Waals surface area contributed by atoms with Gasteiger partial charge in [0, 0.05) is 0 Å². The Kier molecular flexibility index (Phi) is 7.54. The van der Waals surface area contributed by atoms with Crippen molar-refractivity contribution in [2.24, 2.45) is 0 Å². The number of anilines is 1. The maximum atomic E-state index is 13.3. The monoisotopic (exact) mass is 490 g/mol. The predicted octanol–water partition coefficient (Wildman–Crippen LogP) is 5.15. The fraction of sp³-hybridized carbons (Fsp3) is 0.0741. The zero-order chi connectivity index (χ0) is 24.7. The first kappa shape index (κ1) is 24.1. The topological polar surface area (TPSA) is 84.5 Å². The van der Waals surface area contributed by atoms with Crippen LogP contribution < -0.4 is 14.8 Å². The van der Waals surface area contributed by atoms with Gasteiger partial charge in [0.2, 0.25) is 15.9 Å². The zero-order valence-corrected chi connectivity index (χ0v) is 19.4. The highest BCUT2D eigenvalue weighted by atomic mass is 32.2. The second kappa shape index (κ2) is 10.9. The second-order valence-corrected chi connectivity index (χ2v) is 9.43. The first-order valence-electron chi connectivity index (χ1n) is 10.9. The molecular formula is C27H23FN2O4S. The molecule has 178 valence electrons. The summed E-state index contributed by atoms with van der Waals surface area (Å²) in [4.78, 5) is 13.2. The van der Waals surface area contributed by atoms with Gasteiger partial charge in [0.25, 0.3) is 0 Å². The summed E-state index contributed by atoms with van der Waals surface area (Å²) in [6, 6.07) is 28.3. The summed E-state index contributed by atoms with van der Waals surface area (Å²) in [5.74, 6) is -0.125. The number of benzene rings is 4. The molecule has 0 saturated carbocycles. The van der Waals surface area contributed by atoms with E-state index in [0.717, 1.165) is 29.8 Å². The average molecular weight is 491 g/mol. The number of nitrogens with one attached hydrogen (secondary N) is 2. The van der Waals surface area contributed by atoms with E-state index in [1.807, 2.05) is 36.4 Å². The molecule has 4 aromatic rings. The molecule has 0 bridgehead atoms. The van der Waals surface area contributed by atoms with E-state index in [0.29, 0.717) is 17.2 Å². The molecule has 4 rings (SSSR count). The molecular weight excluding hydrogens is 467 g/mol. The highest BCUT2D eigenvalue weighted by Gasteiger charge is 2.27. The maximum absolute atomic E-state index is 13.3. The molecule has 6 nitrogen and oxygen atoms in total. The molecule has 2 N–H and O–H groups in total. The minimum absolute atomic E-state index is 0.106. The van der Waals surface area contributed by atoms with Gasteiger partial charge in [-0.2, -0.15) is 4.72 Å². The molecule has 8 heteroatoms. The largest absolute Gasteiger partial charge is 0.455 e. The second-order valence-electron chi connectivity index (χ2n) is 7.72. The van der Waals surface area contributed by atoms with Crippen molar-refractivity contribution in [3.63, 3.8) is 0 Å². The van der Waals surface area contributed by atoms with Crippen LogP contribution in [0, 0.1) is 5.82 Å². The fourth-order valence-electron chi connectivity index (χ4n) is 3.40. The molecule has 0 aliphatic rings. The Hall–Kier alpha value is -4.01. The van der Waals surface area contributed by atoms with Gasteiger partial charge in [0.05, 0.1) is 10.6 Å². The van der Waals surface area contributed by atoms with Gasteiger partial charge in [-0.05, 0) is 60.5 Å². The number of sulfonamides is 1. The van der Waals surface area contributed by atoms with Crippen LogP contribution in [-0.4, -0.2) is 20.4 Å². The van der Waals surface area contributed by atoms with Gasteiger partial charge >= 0.3 is 0 Å². The molecule has 0 spiro atoms. The van der Waals surface area contributed by atoms with Gasteiger partial charge in [-0.25, -0.2) is 12.8 Å². The van der Waals surface area contributed by atoms with Gasteiger partial charge in [-0.3, -0.25) is 4.79 Å². The zero-order valence-electron chi connectivity index (χ0n) is 18.6. The van der Waals surface area contributed by atoms with Crippen molar-refractivity contribution >= 4 is 21.6 Å². The molecule has 0 saturated heterocycles. The van der Waals surface area contributed by atoms with Crippen LogP contribution in [0.5, 0.6) is 11.5 Å². The van der Waals surface area contributed by atoms with Crippen molar-refractivity contribution in [2.75, 3.05) is 5.32 Å². The van der Waals surface area contributed by atoms with Crippen LogP contribution in [0.2, 0.25) is 0 Å². The summed E-state index contributed by atoms with van der Waals surface area (Å²) in [6.45, 7) is 0. The van der Waals surface area contributed by atoms with Crippen molar-refractivity contribution in [2.45, 2.75) is 17.4 Å². The lowest BCUT2D eigenvalue weighted by Crippen LogP contribution is -2.45. The Balaban J connectivity index is 1.59. The van der Waals surface area contributed by atoms with E-state index in [1.165, 1.54) is 0 Å². The van der Waals surface area contributed by atoms with E-state index in [-0.39, 0.29) is 11.3 Å². The molecule has 0 heterocycles. The number of carbonyl (C=O) groups excluding carboxylic acids is 1. The van der Waals surface area contributed by atoms with Crippen LogP contribution in [0.1, 0.15) is 5.56 Å². The number of ether oxygens (including phenoxy) is 1. The summed E-state index contributed by atoms with van der Waals surface area (Å²) in [7, 11) is -4.10. The molecule has 0 aromatic heterocycles. The van der Waals surface area contributed by atoms with Crippen molar-refractivity contribution in [3.8, 4) is 11.5 Å². The molecule has 0 fully saturated rings. The van der Waals surface area contributed by atoms with Gasteiger partial charge in [-0.1, -0.05) is 60.7 Å². The quantitative estimate of drug-likeness (QED) is 0.340. The number of para-hydroxylation sites is 3. The van der Waals surface area contributed by atoms with Crippen molar-refractivity contribution in [1.29, 1.82) is 0 Å². The highest BCUT2D eigenvalue weighted by Crippen LogP contribution is 2.29. The third kappa shape index (κ3) is 6.53. The number of hydrogen-bond donors (Lipinski definition) is 2. The van der Waals surface area contributed by atoms with Crippen molar-refractivity contribution < 1.29 is 22.3 Å². The first-order valence-corrected chi connectivity index (χ1v) is 12.3. The third-order valence-electron chi connectivity index (χ3n) is 5.14. The van der Waals surface area contributed by atoms with E-state index in [9.17, 15) is 17.6 Å². The Morgan fingerprint density at radius 2 is 1.40 bits per heavy atom. The minimum Gasteiger partial charge on any atom is -0.455 e. The van der Waals surface area contributed by atoms with Crippen LogP contribution in [0.15, 0.2) is 114 Å². The molecule has 0 aliphatic heterocycles. The number of halogens is 1. The maximum Gasteiger partial charge on any atom is 0.243 e. The van der Waals surface area contributed by atoms with E-state index in [1.54, 1.807) is 48.5 Å². The molecule has 0 radical (unpaired) electrons. The predicted molar refractivity (Wildman–Crippen MR) is 132 cm³/mol. The van der Waals surface area contributed by atoms with Crippen molar-refractivity contribution in [1.82, 2.24) is 4.72 Å². The SMILES string of the molecule is O=C(Nc1ccccc1Oc1ccccc1)[C@H](Cc1ccccc1)NS(=O)(=O)c1ccc(F)cc1. The van der Waals surface area contributed by atoms with Crippen LogP contribution in [0.25, 0.3) is 0 Å². The Morgan fingerprint density at radius 3 is 2.09 bits per heavy atom.